The van der Waals surface area contributed by atoms with E-state index in [4.69, 9.17) is 0 Å². The molecule has 0 radical (unpaired) electrons. The van der Waals surface area contributed by atoms with Crippen LogP contribution in [0.4, 0.5) is 0 Å². The van der Waals surface area contributed by atoms with Gasteiger partial charge in [-0.25, -0.2) is 0 Å². The van der Waals surface area contributed by atoms with E-state index in [1.165, 1.54) is 22.4 Å². The Balaban J connectivity index is 1.37. The van der Waals surface area contributed by atoms with Crippen LogP contribution in [-0.4, -0.2) is 69.8 Å². The van der Waals surface area contributed by atoms with Crippen LogP contribution >= 0.6 is 0 Å². The molecule has 2 aromatic rings. The summed E-state index contributed by atoms with van der Waals surface area (Å²) < 4.78 is 0. The zero-order chi connectivity index (χ0) is 19.5. The van der Waals surface area contributed by atoms with Gasteiger partial charge in [-0.3, -0.25) is 14.8 Å². The van der Waals surface area contributed by atoms with Crippen LogP contribution in [0, 0.1) is 6.92 Å². The minimum atomic E-state index is -0.285. The minimum Gasteiger partial charge on any atom is -0.392 e. The van der Waals surface area contributed by atoms with Crippen LogP contribution in [0.25, 0.3) is 11.1 Å². The predicted molar refractivity (Wildman–Crippen MR) is 109 cm³/mol. The van der Waals surface area contributed by atoms with E-state index in [1.54, 1.807) is 0 Å². The summed E-state index contributed by atoms with van der Waals surface area (Å²) in [5.74, 6) is 0.592. The second kappa shape index (κ2) is 8.45. The van der Waals surface area contributed by atoms with Crippen LogP contribution in [0.2, 0.25) is 0 Å². The molecule has 1 aromatic carbocycles. The summed E-state index contributed by atoms with van der Waals surface area (Å²) in [5.41, 5.74) is 4.86. The van der Waals surface area contributed by atoms with Gasteiger partial charge >= 0.3 is 0 Å². The summed E-state index contributed by atoms with van der Waals surface area (Å²) in [7, 11) is 0. The van der Waals surface area contributed by atoms with Crippen molar-refractivity contribution in [3.63, 3.8) is 0 Å². The largest absolute Gasteiger partial charge is 0.392 e. The van der Waals surface area contributed by atoms with Crippen molar-refractivity contribution in [3.05, 3.63) is 41.7 Å². The highest BCUT2D eigenvalue weighted by molar-refractivity contribution is 5.78. The number of aromatic nitrogens is 2. The van der Waals surface area contributed by atoms with Crippen molar-refractivity contribution in [1.29, 1.82) is 0 Å². The van der Waals surface area contributed by atoms with Crippen molar-refractivity contribution >= 4 is 5.91 Å². The van der Waals surface area contributed by atoms with Crippen LogP contribution in [0.3, 0.4) is 0 Å². The number of hydrogen-bond donors (Lipinski definition) is 2. The van der Waals surface area contributed by atoms with E-state index in [0.717, 1.165) is 45.3 Å². The van der Waals surface area contributed by atoms with E-state index >= 15 is 0 Å². The van der Waals surface area contributed by atoms with Gasteiger partial charge in [0.05, 0.1) is 18.8 Å². The molecule has 1 amide bonds. The van der Waals surface area contributed by atoms with E-state index < -0.39 is 0 Å². The lowest BCUT2D eigenvalue weighted by Gasteiger charge is -2.35. The number of nitrogens with one attached hydrogen (secondary N) is 1. The van der Waals surface area contributed by atoms with Crippen molar-refractivity contribution in [2.45, 2.75) is 44.6 Å². The van der Waals surface area contributed by atoms with Crippen LogP contribution in [0.15, 0.2) is 30.5 Å². The lowest BCUT2D eigenvalue weighted by Crippen LogP contribution is -2.47. The highest BCUT2D eigenvalue weighted by Gasteiger charge is 2.28. The average molecular weight is 383 g/mol. The lowest BCUT2D eigenvalue weighted by atomic mass is 9.88. The number of carbonyl (C=O) groups is 1. The molecule has 0 aliphatic carbocycles. The fourth-order valence-corrected chi connectivity index (χ4v) is 4.58. The number of H-pyrrole nitrogens is 1. The Labute approximate surface area is 166 Å². The first-order chi connectivity index (χ1) is 13.6. The number of β-amino-alcohol motifs (C(OH)–C–C–N with tert-alkyl or cyclic N) is 1. The molecule has 6 heteroatoms. The number of benzene rings is 1. The second-order valence-electron chi connectivity index (χ2n) is 8.20. The normalized spacial score (nSPS) is 21.8. The van der Waals surface area contributed by atoms with Crippen molar-refractivity contribution < 1.29 is 9.90 Å². The number of rotatable bonds is 4. The Bertz CT molecular complexity index is 810. The number of aryl methyl sites for hydroxylation is 1. The number of aromatic amines is 1. The second-order valence-corrected chi connectivity index (χ2v) is 8.20. The average Bonchev–Trinajstić information content (AvgIpc) is 3.18. The topological polar surface area (TPSA) is 72.5 Å². The number of hydrogen-bond acceptors (Lipinski definition) is 4. The molecule has 6 nitrogen and oxygen atoms in total. The van der Waals surface area contributed by atoms with Crippen LogP contribution in [0.5, 0.6) is 0 Å². The van der Waals surface area contributed by atoms with Gasteiger partial charge in [-0.1, -0.05) is 24.3 Å². The van der Waals surface area contributed by atoms with Crippen LogP contribution < -0.4 is 0 Å². The van der Waals surface area contributed by atoms with Gasteiger partial charge in [0.25, 0.3) is 0 Å². The number of nitrogens with zero attached hydrogens (tertiary/aromatic N) is 3. The third-order valence-corrected chi connectivity index (χ3v) is 6.20. The molecule has 1 aromatic heterocycles. The van der Waals surface area contributed by atoms with E-state index in [0.29, 0.717) is 19.0 Å². The summed E-state index contributed by atoms with van der Waals surface area (Å²) in [6.45, 7) is 5.66. The van der Waals surface area contributed by atoms with Gasteiger partial charge in [0.1, 0.15) is 0 Å². The molecule has 2 fully saturated rings. The molecule has 2 aliphatic rings. The SMILES string of the molecule is Cc1ccccc1-c1cn[nH]c1C1CCN(C(=O)CN2CCCC(O)C2)CC1. The van der Waals surface area contributed by atoms with Gasteiger partial charge in [0, 0.05) is 36.8 Å². The van der Waals surface area contributed by atoms with Crippen molar-refractivity contribution in [1.82, 2.24) is 20.0 Å². The molecule has 3 heterocycles. The molecule has 2 aliphatic heterocycles. The number of likely N-dealkylation sites (tertiary alicyclic amines) is 2. The molecular formula is C22H30N4O2. The smallest absolute Gasteiger partial charge is 0.236 e. The molecule has 1 unspecified atom stereocenters. The Morgan fingerprint density at radius 2 is 1.96 bits per heavy atom. The fraction of sp³-hybridized carbons (Fsp3) is 0.545. The Morgan fingerprint density at radius 1 is 1.18 bits per heavy atom. The minimum absolute atomic E-state index is 0.191. The fourth-order valence-electron chi connectivity index (χ4n) is 4.58. The van der Waals surface area contributed by atoms with Crippen LogP contribution in [0.1, 0.15) is 42.9 Å². The molecule has 0 saturated carbocycles. The molecule has 1 atom stereocenters. The first kappa shape index (κ1) is 19.2. The number of carbonyl (C=O) groups excluding carboxylic acids is 1. The number of amides is 1. The van der Waals surface area contributed by atoms with Crippen LogP contribution in [-0.2, 0) is 4.79 Å². The monoisotopic (exact) mass is 382 g/mol. The quantitative estimate of drug-likeness (QED) is 0.852. The number of aliphatic hydroxyl groups excluding tert-OH is 1. The molecule has 150 valence electrons. The molecule has 2 saturated heterocycles. The van der Waals surface area contributed by atoms with Gasteiger partial charge in [0.2, 0.25) is 5.91 Å². The molecule has 0 bridgehead atoms. The molecule has 4 rings (SSSR count). The van der Waals surface area contributed by atoms with Gasteiger partial charge in [-0.2, -0.15) is 5.10 Å². The van der Waals surface area contributed by atoms with Gasteiger partial charge in [-0.15, -0.1) is 0 Å². The van der Waals surface area contributed by atoms with Crippen molar-refractivity contribution in [2.75, 3.05) is 32.7 Å². The third kappa shape index (κ3) is 4.13. The van der Waals surface area contributed by atoms with Gasteiger partial charge in [-0.05, 0) is 50.3 Å². The summed E-state index contributed by atoms with van der Waals surface area (Å²) in [6.07, 6.45) is 5.37. The van der Waals surface area contributed by atoms with E-state index in [1.807, 2.05) is 11.1 Å². The van der Waals surface area contributed by atoms with E-state index in [-0.39, 0.29) is 12.0 Å². The lowest BCUT2D eigenvalue weighted by molar-refractivity contribution is -0.134. The summed E-state index contributed by atoms with van der Waals surface area (Å²) in [4.78, 5) is 16.8. The standard InChI is InChI=1S/C22H30N4O2/c1-16-5-2-3-7-19(16)20-13-23-24-22(20)17-8-11-26(12-9-17)21(28)15-25-10-4-6-18(27)14-25/h2-3,5,7,13,17-18,27H,4,6,8-12,14-15H2,1H3,(H,23,24). The van der Waals surface area contributed by atoms with Gasteiger partial charge in [0.15, 0.2) is 0 Å². The van der Waals surface area contributed by atoms with Crippen molar-refractivity contribution in [3.8, 4) is 11.1 Å². The van der Waals surface area contributed by atoms with Gasteiger partial charge < -0.3 is 10.0 Å². The zero-order valence-corrected chi connectivity index (χ0v) is 16.6. The molecular weight excluding hydrogens is 352 g/mol. The first-order valence-corrected chi connectivity index (χ1v) is 10.4. The summed E-state index contributed by atoms with van der Waals surface area (Å²) in [6, 6.07) is 8.41. The summed E-state index contributed by atoms with van der Waals surface area (Å²) in [5, 5.41) is 17.4. The molecule has 28 heavy (non-hydrogen) atoms. The highest BCUT2D eigenvalue weighted by atomic mass is 16.3. The number of aliphatic hydroxyl groups is 1. The third-order valence-electron chi connectivity index (χ3n) is 6.20. The maximum absolute atomic E-state index is 12.7. The zero-order valence-electron chi connectivity index (χ0n) is 16.6. The first-order valence-electron chi connectivity index (χ1n) is 10.4. The Morgan fingerprint density at radius 3 is 2.71 bits per heavy atom. The maximum atomic E-state index is 12.7. The summed E-state index contributed by atoms with van der Waals surface area (Å²) >= 11 is 0. The Kier molecular flexibility index (Phi) is 5.78. The highest BCUT2D eigenvalue weighted by Crippen LogP contribution is 2.35. The van der Waals surface area contributed by atoms with E-state index in [2.05, 4.69) is 46.3 Å². The molecule has 2 N–H and O–H groups in total. The van der Waals surface area contributed by atoms with E-state index in [9.17, 15) is 9.90 Å². The molecule has 0 spiro atoms. The Hall–Kier alpha value is -2.18. The maximum Gasteiger partial charge on any atom is 0.236 e. The van der Waals surface area contributed by atoms with Crippen molar-refractivity contribution in [2.24, 2.45) is 0 Å². The number of piperidine rings is 2. The predicted octanol–water partition coefficient (Wildman–Crippen LogP) is 2.55.